The van der Waals surface area contributed by atoms with Crippen LogP contribution >= 0.6 is 0 Å². The Hall–Kier alpha value is -3.59. The molecule has 1 aromatic carbocycles. The number of para-hydroxylation sites is 1. The van der Waals surface area contributed by atoms with Gasteiger partial charge in [0.15, 0.2) is 5.69 Å². The molecule has 32 heavy (non-hydrogen) atoms. The zero-order chi connectivity index (χ0) is 21.5. The number of carbonyl (C=O) groups excluding carboxylic acids is 1. The minimum absolute atomic E-state index is 0.0522. The predicted octanol–water partition coefficient (Wildman–Crippen LogP) is 3.04. The first kappa shape index (κ1) is 19.1. The molecule has 2 aliphatic rings. The van der Waals surface area contributed by atoms with Crippen LogP contribution < -0.4 is 0 Å². The zero-order valence-electron chi connectivity index (χ0n) is 17.4. The molecule has 3 aromatic heterocycles. The Balaban J connectivity index is 1.34. The van der Waals surface area contributed by atoms with Crippen LogP contribution in [0.15, 0.2) is 53.2 Å². The molecule has 0 unspecified atom stereocenters. The van der Waals surface area contributed by atoms with Gasteiger partial charge >= 0.3 is 0 Å². The molecule has 2 aliphatic heterocycles. The number of nitrogens with one attached hydrogen (secondary N) is 1. The zero-order valence-corrected chi connectivity index (χ0v) is 17.4. The first-order valence-electron chi connectivity index (χ1n) is 10.8. The van der Waals surface area contributed by atoms with Crippen LogP contribution in [-0.4, -0.2) is 62.5 Å². The normalized spacial score (nSPS) is 20.2. The maximum Gasteiger partial charge on any atom is 0.275 e. The van der Waals surface area contributed by atoms with E-state index in [0.29, 0.717) is 43.8 Å². The summed E-state index contributed by atoms with van der Waals surface area (Å²) in [6.45, 7) is 2.45. The quantitative estimate of drug-likeness (QED) is 0.532. The number of carbonyl (C=O) groups is 1. The lowest BCUT2D eigenvalue weighted by molar-refractivity contribution is 0.00906. The standard InChI is InChI=1S/C23H22N6O3/c30-22(19-16-3-1-2-4-18(16)25-26-19)29-13-17(23(14-29)7-11-31-12-8-23)21-28-27-20(32-21)15-5-9-24-10-6-15/h1-6,9-10,17H,7-8,11-14H2,(H,25,26)/t17-/m1/s1. The first-order chi connectivity index (χ1) is 15.7. The van der Waals surface area contributed by atoms with Crippen molar-refractivity contribution in [3.05, 3.63) is 60.4 Å². The van der Waals surface area contributed by atoms with E-state index >= 15 is 0 Å². The van der Waals surface area contributed by atoms with Crippen molar-refractivity contribution < 1.29 is 13.9 Å². The van der Waals surface area contributed by atoms with Crippen molar-refractivity contribution in [3.63, 3.8) is 0 Å². The lowest BCUT2D eigenvalue weighted by Gasteiger charge is -2.36. The van der Waals surface area contributed by atoms with Crippen LogP contribution in [0.4, 0.5) is 0 Å². The van der Waals surface area contributed by atoms with Gasteiger partial charge in [0.1, 0.15) is 0 Å². The number of aromatic nitrogens is 5. The van der Waals surface area contributed by atoms with Gasteiger partial charge in [0, 0.05) is 55.1 Å². The van der Waals surface area contributed by atoms with Gasteiger partial charge in [-0.2, -0.15) is 5.10 Å². The average molecular weight is 430 g/mol. The molecule has 0 saturated carbocycles. The second kappa shape index (κ2) is 7.52. The molecule has 2 fully saturated rings. The van der Waals surface area contributed by atoms with E-state index in [4.69, 9.17) is 9.15 Å². The van der Waals surface area contributed by atoms with Crippen LogP contribution in [0, 0.1) is 5.41 Å². The van der Waals surface area contributed by atoms with Gasteiger partial charge in [-0.3, -0.25) is 14.9 Å². The number of aromatic amines is 1. The molecule has 162 valence electrons. The second-order valence-electron chi connectivity index (χ2n) is 8.51. The van der Waals surface area contributed by atoms with Gasteiger partial charge in [-0.05, 0) is 31.0 Å². The Bertz CT molecular complexity index is 1260. The molecule has 0 aliphatic carbocycles. The monoisotopic (exact) mass is 430 g/mol. The number of rotatable bonds is 3. The number of pyridine rings is 1. The molecule has 1 amide bonds. The van der Waals surface area contributed by atoms with E-state index in [9.17, 15) is 4.79 Å². The summed E-state index contributed by atoms with van der Waals surface area (Å²) < 4.78 is 11.8. The van der Waals surface area contributed by atoms with Gasteiger partial charge in [0.25, 0.3) is 5.91 Å². The second-order valence-corrected chi connectivity index (χ2v) is 8.51. The highest BCUT2D eigenvalue weighted by molar-refractivity contribution is 6.04. The largest absolute Gasteiger partial charge is 0.420 e. The number of nitrogens with zero attached hydrogens (tertiary/aromatic N) is 5. The Morgan fingerprint density at radius 1 is 1.09 bits per heavy atom. The number of likely N-dealkylation sites (tertiary alicyclic amines) is 1. The summed E-state index contributed by atoms with van der Waals surface area (Å²) in [7, 11) is 0. The van der Waals surface area contributed by atoms with Crippen LogP contribution in [0.3, 0.4) is 0 Å². The lowest BCUT2D eigenvalue weighted by atomic mass is 9.72. The molecular weight excluding hydrogens is 408 g/mol. The molecule has 5 heterocycles. The van der Waals surface area contributed by atoms with E-state index in [1.165, 1.54) is 0 Å². The third-order valence-electron chi connectivity index (χ3n) is 6.76. The summed E-state index contributed by atoms with van der Waals surface area (Å²) in [5.41, 5.74) is 1.98. The number of ether oxygens (including phenoxy) is 1. The molecule has 9 heteroatoms. The highest BCUT2D eigenvalue weighted by Gasteiger charge is 2.52. The molecule has 6 rings (SSSR count). The third kappa shape index (κ3) is 3.08. The van der Waals surface area contributed by atoms with Gasteiger partial charge in [-0.15, -0.1) is 10.2 Å². The third-order valence-corrected chi connectivity index (χ3v) is 6.76. The summed E-state index contributed by atoms with van der Waals surface area (Å²) >= 11 is 0. The highest BCUT2D eigenvalue weighted by Crippen LogP contribution is 2.49. The van der Waals surface area contributed by atoms with Crippen LogP contribution in [0.5, 0.6) is 0 Å². The molecule has 2 saturated heterocycles. The molecule has 1 spiro atoms. The van der Waals surface area contributed by atoms with Crippen molar-refractivity contribution >= 4 is 16.8 Å². The van der Waals surface area contributed by atoms with E-state index in [1.54, 1.807) is 12.4 Å². The summed E-state index contributed by atoms with van der Waals surface area (Å²) in [5.74, 6) is 0.905. The summed E-state index contributed by atoms with van der Waals surface area (Å²) in [6.07, 6.45) is 5.08. The van der Waals surface area contributed by atoms with Crippen molar-refractivity contribution in [2.75, 3.05) is 26.3 Å². The van der Waals surface area contributed by atoms with Gasteiger partial charge in [0.2, 0.25) is 11.8 Å². The summed E-state index contributed by atoms with van der Waals surface area (Å²) in [5, 5.41) is 16.8. The molecule has 0 bridgehead atoms. The van der Waals surface area contributed by atoms with E-state index in [0.717, 1.165) is 29.3 Å². The Kier molecular flexibility index (Phi) is 4.50. The SMILES string of the molecule is O=C(c1n[nH]c2ccccc12)N1C[C@H](c2nnc(-c3ccncc3)o2)C2(CCOCC2)C1. The van der Waals surface area contributed by atoms with E-state index in [2.05, 4.69) is 25.4 Å². The topological polar surface area (TPSA) is 110 Å². The smallest absolute Gasteiger partial charge is 0.275 e. The fourth-order valence-electron chi connectivity index (χ4n) is 5.01. The average Bonchev–Trinajstić information content (AvgIpc) is 3.57. The first-order valence-corrected chi connectivity index (χ1v) is 10.8. The van der Waals surface area contributed by atoms with Crippen LogP contribution in [0.25, 0.3) is 22.4 Å². The number of amides is 1. The van der Waals surface area contributed by atoms with Crippen molar-refractivity contribution in [1.82, 2.24) is 30.3 Å². The number of benzene rings is 1. The van der Waals surface area contributed by atoms with Crippen molar-refractivity contribution in [3.8, 4) is 11.5 Å². The van der Waals surface area contributed by atoms with Gasteiger partial charge in [0.05, 0.1) is 11.4 Å². The Morgan fingerprint density at radius 2 is 1.91 bits per heavy atom. The molecule has 9 nitrogen and oxygen atoms in total. The molecule has 4 aromatic rings. The van der Waals surface area contributed by atoms with Gasteiger partial charge in [-0.1, -0.05) is 18.2 Å². The number of fused-ring (bicyclic) bond motifs is 1. The van der Waals surface area contributed by atoms with E-state index in [1.807, 2.05) is 41.3 Å². The van der Waals surface area contributed by atoms with Crippen molar-refractivity contribution in [2.45, 2.75) is 18.8 Å². The summed E-state index contributed by atoms with van der Waals surface area (Å²) in [4.78, 5) is 19.4. The Morgan fingerprint density at radius 3 is 2.75 bits per heavy atom. The molecule has 0 radical (unpaired) electrons. The minimum Gasteiger partial charge on any atom is -0.420 e. The fourth-order valence-corrected chi connectivity index (χ4v) is 5.01. The van der Waals surface area contributed by atoms with Crippen molar-refractivity contribution in [1.29, 1.82) is 0 Å². The number of H-pyrrole nitrogens is 1. The summed E-state index contributed by atoms with van der Waals surface area (Å²) in [6, 6.07) is 11.4. The van der Waals surface area contributed by atoms with E-state index in [-0.39, 0.29) is 17.2 Å². The van der Waals surface area contributed by atoms with Crippen LogP contribution in [-0.2, 0) is 4.74 Å². The highest BCUT2D eigenvalue weighted by atomic mass is 16.5. The number of hydrogen-bond acceptors (Lipinski definition) is 7. The number of hydrogen-bond donors (Lipinski definition) is 1. The lowest BCUT2D eigenvalue weighted by Crippen LogP contribution is -2.37. The minimum atomic E-state index is -0.151. The van der Waals surface area contributed by atoms with Crippen molar-refractivity contribution in [2.24, 2.45) is 5.41 Å². The maximum atomic E-state index is 13.5. The van der Waals surface area contributed by atoms with Gasteiger partial charge in [-0.25, -0.2) is 0 Å². The fraction of sp³-hybridized carbons (Fsp3) is 0.348. The molecular formula is C23H22N6O3. The Labute approximate surface area is 183 Å². The maximum absolute atomic E-state index is 13.5. The molecule has 1 N–H and O–H groups in total. The predicted molar refractivity (Wildman–Crippen MR) is 115 cm³/mol. The van der Waals surface area contributed by atoms with E-state index < -0.39 is 0 Å². The van der Waals surface area contributed by atoms with Crippen LogP contribution in [0.2, 0.25) is 0 Å². The molecule has 1 atom stereocenters. The van der Waals surface area contributed by atoms with Crippen LogP contribution in [0.1, 0.15) is 35.1 Å². The van der Waals surface area contributed by atoms with Gasteiger partial charge < -0.3 is 14.1 Å².